The van der Waals surface area contributed by atoms with E-state index in [1.807, 2.05) is 18.0 Å². The molecule has 1 aromatic carbocycles. The molecule has 2 aliphatic rings. The highest BCUT2D eigenvalue weighted by Crippen LogP contribution is 2.37. The fourth-order valence-electron chi connectivity index (χ4n) is 3.01. The second kappa shape index (κ2) is 4.39. The molecule has 1 aliphatic heterocycles. The Labute approximate surface area is 108 Å². The van der Waals surface area contributed by atoms with Crippen molar-refractivity contribution < 1.29 is 4.79 Å². The van der Waals surface area contributed by atoms with Crippen LogP contribution in [0, 0.1) is 5.92 Å². The lowest BCUT2D eigenvalue weighted by molar-refractivity contribution is -0.121. The van der Waals surface area contributed by atoms with Gasteiger partial charge in [0.2, 0.25) is 5.91 Å². The Kier molecular flexibility index (Phi) is 2.86. The zero-order valence-corrected chi connectivity index (χ0v) is 11.0. The fraction of sp³-hybridized carbons (Fsp3) is 0.533. The number of hydrogen-bond donors (Lipinski definition) is 1. The molecule has 1 aromatic rings. The van der Waals surface area contributed by atoms with Crippen LogP contribution in [-0.4, -0.2) is 25.0 Å². The van der Waals surface area contributed by atoms with Crippen molar-refractivity contribution in [3.63, 3.8) is 0 Å². The Morgan fingerprint density at radius 2 is 2.00 bits per heavy atom. The van der Waals surface area contributed by atoms with Crippen LogP contribution in [0.15, 0.2) is 24.3 Å². The Bertz CT molecular complexity index is 467. The van der Waals surface area contributed by atoms with Crippen LogP contribution in [0.5, 0.6) is 0 Å². The van der Waals surface area contributed by atoms with Gasteiger partial charge in [-0.2, -0.15) is 0 Å². The van der Waals surface area contributed by atoms with Crippen LogP contribution in [0.2, 0.25) is 0 Å². The fourth-order valence-corrected chi connectivity index (χ4v) is 3.01. The molecule has 0 spiro atoms. The molecule has 3 rings (SSSR count). The molecule has 0 radical (unpaired) electrons. The number of amides is 1. The highest BCUT2D eigenvalue weighted by atomic mass is 16.2. The van der Waals surface area contributed by atoms with Crippen molar-refractivity contribution in [3.8, 4) is 0 Å². The maximum atomic E-state index is 12.7. The van der Waals surface area contributed by atoms with E-state index < -0.39 is 0 Å². The number of nitrogens with zero attached hydrogens (tertiary/aromatic N) is 1. The van der Waals surface area contributed by atoms with E-state index in [9.17, 15) is 4.79 Å². The summed E-state index contributed by atoms with van der Waals surface area (Å²) in [6.07, 6.45) is 3.26. The molecule has 0 aromatic heterocycles. The second-order valence-electron chi connectivity index (χ2n) is 5.52. The lowest BCUT2D eigenvalue weighted by Gasteiger charge is -2.26. The molecule has 0 bridgehead atoms. The minimum atomic E-state index is -0.0574. The first-order valence-corrected chi connectivity index (χ1v) is 6.80. The van der Waals surface area contributed by atoms with Gasteiger partial charge in [-0.15, -0.1) is 0 Å². The van der Waals surface area contributed by atoms with Crippen LogP contribution in [0.4, 0.5) is 5.69 Å². The molecule has 1 aliphatic carbocycles. The van der Waals surface area contributed by atoms with Gasteiger partial charge in [-0.3, -0.25) is 4.79 Å². The van der Waals surface area contributed by atoms with Crippen molar-refractivity contribution in [2.75, 3.05) is 11.9 Å². The van der Waals surface area contributed by atoms with Gasteiger partial charge in [0.15, 0.2) is 0 Å². The Balaban J connectivity index is 2.06. The van der Waals surface area contributed by atoms with Crippen molar-refractivity contribution in [1.29, 1.82) is 0 Å². The number of carbonyl (C=O) groups excluding carboxylic acids is 1. The molecule has 1 fully saturated rings. The van der Waals surface area contributed by atoms with E-state index in [1.54, 1.807) is 0 Å². The molecule has 3 nitrogen and oxygen atoms in total. The summed E-state index contributed by atoms with van der Waals surface area (Å²) in [4.78, 5) is 14.7. The number of likely N-dealkylation sites (N-methyl/N-ethyl adjacent to an activating group) is 1. The van der Waals surface area contributed by atoms with Gasteiger partial charge in [0.25, 0.3) is 0 Å². The van der Waals surface area contributed by atoms with E-state index in [-0.39, 0.29) is 11.9 Å². The molecule has 1 heterocycles. The molecule has 1 saturated carbocycles. The molecule has 0 saturated heterocycles. The van der Waals surface area contributed by atoms with E-state index in [1.165, 1.54) is 5.56 Å². The molecule has 2 atom stereocenters. The third-order valence-electron chi connectivity index (χ3n) is 4.09. The van der Waals surface area contributed by atoms with Crippen LogP contribution in [0.1, 0.15) is 25.3 Å². The largest absolute Gasteiger partial charge is 0.309 e. The summed E-state index contributed by atoms with van der Waals surface area (Å²) in [7, 11) is 1.89. The van der Waals surface area contributed by atoms with Gasteiger partial charge in [-0.05, 0) is 43.9 Å². The number of rotatable bonds is 2. The first-order valence-electron chi connectivity index (χ1n) is 6.80. The predicted octanol–water partition coefficient (Wildman–Crippen LogP) is 1.96. The van der Waals surface area contributed by atoms with Crippen molar-refractivity contribution in [2.45, 2.75) is 38.3 Å². The molecular weight excluding hydrogens is 224 g/mol. The first-order chi connectivity index (χ1) is 8.72. The maximum absolute atomic E-state index is 12.7. The SMILES string of the molecule is CNC1C(=O)N(C2CC2)c2ccccc2CC1C. The summed E-state index contributed by atoms with van der Waals surface area (Å²) in [5.41, 5.74) is 2.44. The smallest absolute Gasteiger partial charge is 0.244 e. The van der Waals surface area contributed by atoms with Crippen molar-refractivity contribution in [2.24, 2.45) is 5.92 Å². The molecule has 96 valence electrons. The van der Waals surface area contributed by atoms with E-state index >= 15 is 0 Å². The van der Waals surface area contributed by atoms with Crippen LogP contribution in [0.25, 0.3) is 0 Å². The van der Waals surface area contributed by atoms with Crippen molar-refractivity contribution in [3.05, 3.63) is 29.8 Å². The van der Waals surface area contributed by atoms with Crippen LogP contribution < -0.4 is 10.2 Å². The summed E-state index contributed by atoms with van der Waals surface area (Å²) in [5.74, 6) is 0.588. The highest BCUT2D eigenvalue weighted by molar-refractivity contribution is 5.99. The third kappa shape index (κ3) is 1.83. The normalized spacial score (nSPS) is 27.9. The minimum Gasteiger partial charge on any atom is -0.309 e. The summed E-state index contributed by atoms with van der Waals surface area (Å²) in [5, 5.41) is 3.20. The van der Waals surface area contributed by atoms with Crippen molar-refractivity contribution in [1.82, 2.24) is 5.32 Å². The zero-order chi connectivity index (χ0) is 12.7. The van der Waals surface area contributed by atoms with Crippen molar-refractivity contribution >= 4 is 11.6 Å². The van der Waals surface area contributed by atoms with Crippen LogP contribution in [-0.2, 0) is 11.2 Å². The summed E-state index contributed by atoms with van der Waals surface area (Å²) in [6.45, 7) is 2.16. The van der Waals surface area contributed by atoms with Gasteiger partial charge in [0.05, 0.1) is 6.04 Å². The first kappa shape index (κ1) is 11.7. The minimum absolute atomic E-state index is 0.0574. The number of benzene rings is 1. The zero-order valence-electron chi connectivity index (χ0n) is 11.0. The van der Waals surface area contributed by atoms with E-state index in [0.29, 0.717) is 12.0 Å². The lowest BCUT2D eigenvalue weighted by atomic mass is 9.95. The lowest BCUT2D eigenvalue weighted by Crippen LogP contribution is -2.48. The predicted molar refractivity (Wildman–Crippen MR) is 72.7 cm³/mol. The molecule has 1 amide bonds. The maximum Gasteiger partial charge on any atom is 0.244 e. The summed E-state index contributed by atoms with van der Waals surface area (Å²) >= 11 is 0. The number of nitrogens with one attached hydrogen (secondary N) is 1. The number of fused-ring (bicyclic) bond motifs is 1. The van der Waals surface area contributed by atoms with E-state index in [0.717, 1.165) is 24.9 Å². The summed E-state index contributed by atoms with van der Waals surface area (Å²) in [6, 6.07) is 8.73. The molecule has 1 N–H and O–H groups in total. The molecule has 2 unspecified atom stereocenters. The standard InChI is InChI=1S/C15H20N2O/c1-10-9-11-5-3-4-6-13(11)17(12-7-8-12)15(18)14(10)16-2/h3-6,10,12,14,16H,7-9H2,1-2H3. The van der Waals surface area contributed by atoms with Gasteiger partial charge in [-0.25, -0.2) is 0 Å². The topological polar surface area (TPSA) is 32.3 Å². The van der Waals surface area contributed by atoms with Gasteiger partial charge in [0, 0.05) is 11.7 Å². The second-order valence-corrected chi connectivity index (χ2v) is 5.52. The van der Waals surface area contributed by atoms with E-state index in [4.69, 9.17) is 0 Å². The number of carbonyl (C=O) groups is 1. The Morgan fingerprint density at radius 3 is 2.67 bits per heavy atom. The monoisotopic (exact) mass is 244 g/mol. The molecular formula is C15H20N2O. The van der Waals surface area contributed by atoms with Gasteiger partial charge >= 0.3 is 0 Å². The Morgan fingerprint density at radius 1 is 1.28 bits per heavy atom. The number of para-hydroxylation sites is 1. The quantitative estimate of drug-likeness (QED) is 0.862. The average molecular weight is 244 g/mol. The third-order valence-corrected chi connectivity index (χ3v) is 4.09. The van der Waals surface area contributed by atoms with Crippen LogP contribution in [0.3, 0.4) is 0 Å². The van der Waals surface area contributed by atoms with Gasteiger partial charge < -0.3 is 10.2 Å². The summed E-state index contributed by atoms with van der Waals surface area (Å²) < 4.78 is 0. The van der Waals surface area contributed by atoms with Gasteiger partial charge in [0.1, 0.15) is 0 Å². The number of hydrogen-bond acceptors (Lipinski definition) is 2. The van der Waals surface area contributed by atoms with E-state index in [2.05, 4.69) is 30.4 Å². The highest BCUT2D eigenvalue weighted by Gasteiger charge is 2.41. The molecule has 18 heavy (non-hydrogen) atoms. The molecule has 3 heteroatoms. The van der Waals surface area contributed by atoms with Gasteiger partial charge in [-0.1, -0.05) is 25.1 Å². The number of anilines is 1. The van der Waals surface area contributed by atoms with Crippen LogP contribution >= 0.6 is 0 Å². The Hall–Kier alpha value is -1.35. The average Bonchev–Trinajstić information content (AvgIpc) is 3.16.